The van der Waals surface area contributed by atoms with Gasteiger partial charge >= 0.3 is 0 Å². The Bertz CT molecular complexity index is 663. The van der Waals surface area contributed by atoms with Crippen molar-refractivity contribution in [1.29, 1.82) is 0 Å². The fourth-order valence-corrected chi connectivity index (χ4v) is 2.29. The predicted octanol–water partition coefficient (Wildman–Crippen LogP) is 3.34. The number of carbonyl (C=O) groups is 1. The van der Waals surface area contributed by atoms with Gasteiger partial charge in [0, 0.05) is 15.7 Å². The highest BCUT2D eigenvalue weighted by Gasteiger charge is 2.11. The minimum Gasteiger partial charge on any atom is -0.324 e. The zero-order valence-electron chi connectivity index (χ0n) is 10.6. The maximum Gasteiger partial charge on any atom is 0.274 e. The van der Waals surface area contributed by atoms with Crippen LogP contribution in [-0.2, 0) is 0 Å². The van der Waals surface area contributed by atoms with Crippen LogP contribution in [0.25, 0.3) is 0 Å². The van der Waals surface area contributed by atoms with Crippen LogP contribution in [-0.4, -0.2) is 10.9 Å². The van der Waals surface area contributed by atoms with Crippen molar-refractivity contribution < 1.29 is 4.79 Å². The highest BCUT2D eigenvalue weighted by Crippen LogP contribution is 2.29. The molecule has 0 spiro atoms. The maximum atomic E-state index is 12.1. The Kier molecular flexibility index (Phi) is 4.59. The van der Waals surface area contributed by atoms with Crippen LogP contribution < -0.4 is 16.6 Å². The molecule has 0 aliphatic carbocycles. The first-order valence-electron chi connectivity index (χ1n) is 5.71. The Hall–Kier alpha value is -1.63. The SMILES string of the molecule is Cc1cc(Br)c(NC(=O)c2cc(NN)ccn2)cc1Cl. The number of halogens is 2. The predicted molar refractivity (Wildman–Crippen MR) is 83.9 cm³/mol. The summed E-state index contributed by atoms with van der Waals surface area (Å²) in [5.41, 5.74) is 4.82. The lowest BCUT2D eigenvalue weighted by Crippen LogP contribution is -2.15. The fourth-order valence-electron chi connectivity index (χ4n) is 1.57. The molecule has 1 aromatic heterocycles. The van der Waals surface area contributed by atoms with Crippen LogP contribution in [0.15, 0.2) is 34.9 Å². The van der Waals surface area contributed by atoms with Crippen LogP contribution in [0.3, 0.4) is 0 Å². The van der Waals surface area contributed by atoms with Gasteiger partial charge in [0.15, 0.2) is 0 Å². The largest absolute Gasteiger partial charge is 0.324 e. The highest BCUT2D eigenvalue weighted by atomic mass is 79.9. The molecule has 1 amide bonds. The van der Waals surface area contributed by atoms with Crippen molar-refractivity contribution in [1.82, 2.24) is 4.98 Å². The van der Waals surface area contributed by atoms with Gasteiger partial charge in [-0.05, 0) is 52.7 Å². The topological polar surface area (TPSA) is 80.0 Å². The number of aryl methyl sites for hydroxylation is 1. The van der Waals surface area contributed by atoms with E-state index in [4.69, 9.17) is 17.4 Å². The first kappa shape index (κ1) is 14.8. The van der Waals surface area contributed by atoms with Crippen molar-refractivity contribution in [2.75, 3.05) is 10.7 Å². The van der Waals surface area contributed by atoms with Crippen LogP contribution in [0.2, 0.25) is 5.02 Å². The number of hydrazine groups is 1. The second-order valence-electron chi connectivity index (χ2n) is 4.11. The second-order valence-corrected chi connectivity index (χ2v) is 5.37. The summed E-state index contributed by atoms with van der Waals surface area (Å²) in [6.07, 6.45) is 1.50. The number of hydrogen-bond acceptors (Lipinski definition) is 4. The number of benzene rings is 1. The molecule has 0 radical (unpaired) electrons. The number of anilines is 2. The molecule has 1 aromatic carbocycles. The van der Waals surface area contributed by atoms with Crippen molar-refractivity contribution >= 4 is 44.8 Å². The standard InChI is InChI=1S/C13H12BrClN4O/c1-7-4-9(14)11(6-10(7)15)18-13(20)12-5-8(19-16)2-3-17-12/h2-6H,16H2,1H3,(H,17,19)(H,18,20). The molecule has 0 aliphatic rings. The zero-order valence-corrected chi connectivity index (χ0v) is 12.9. The first-order valence-corrected chi connectivity index (χ1v) is 6.88. The Morgan fingerprint density at radius 2 is 2.15 bits per heavy atom. The molecule has 1 heterocycles. The summed E-state index contributed by atoms with van der Waals surface area (Å²) < 4.78 is 0.751. The number of nitrogens with two attached hydrogens (primary N) is 1. The van der Waals surface area contributed by atoms with Crippen molar-refractivity contribution in [2.45, 2.75) is 6.92 Å². The molecule has 104 valence electrons. The van der Waals surface area contributed by atoms with Gasteiger partial charge in [0.1, 0.15) is 5.69 Å². The van der Waals surface area contributed by atoms with E-state index < -0.39 is 0 Å². The summed E-state index contributed by atoms with van der Waals surface area (Å²) in [5.74, 6) is 4.95. The molecule has 2 rings (SSSR count). The van der Waals surface area contributed by atoms with E-state index in [1.807, 2.05) is 13.0 Å². The Morgan fingerprint density at radius 1 is 1.40 bits per heavy atom. The minimum absolute atomic E-state index is 0.254. The fraction of sp³-hybridized carbons (Fsp3) is 0.0769. The maximum absolute atomic E-state index is 12.1. The molecule has 0 atom stereocenters. The van der Waals surface area contributed by atoms with Gasteiger partial charge in [0.25, 0.3) is 5.91 Å². The summed E-state index contributed by atoms with van der Waals surface area (Å²) in [6, 6.07) is 6.74. The van der Waals surface area contributed by atoms with Crippen LogP contribution in [0.4, 0.5) is 11.4 Å². The summed E-state index contributed by atoms with van der Waals surface area (Å²) in [6.45, 7) is 1.89. The van der Waals surface area contributed by atoms with Gasteiger partial charge in [0.2, 0.25) is 0 Å². The molecule has 7 heteroatoms. The lowest BCUT2D eigenvalue weighted by atomic mass is 10.2. The van der Waals surface area contributed by atoms with Crippen LogP contribution in [0, 0.1) is 6.92 Å². The van der Waals surface area contributed by atoms with Crippen LogP contribution >= 0.6 is 27.5 Å². The molecule has 4 N–H and O–H groups in total. The third-order valence-electron chi connectivity index (χ3n) is 2.66. The van der Waals surface area contributed by atoms with E-state index in [-0.39, 0.29) is 11.6 Å². The average molecular weight is 356 g/mol. The van der Waals surface area contributed by atoms with Gasteiger partial charge in [-0.25, -0.2) is 0 Å². The summed E-state index contributed by atoms with van der Waals surface area (Å²) in [4.78, 5) is 16.1. The summed E-state index contributed by atoms with van der Waals surface area (Å²) in [7, 11) is 0. The smallest absolute Gasteiger partial charge is 0.274 e. The number of rotatable bonds is 3. The number of nitrogens with one attached hydrogen (secondary N) is 2. The number of nitrogens with zero attached hydrogens (tertiary/aromatic N) is 1. The minimum atomic E-state index is -0.345. The average Bonchev–Trinajstić information content (AvgIpc) is 2.44. The molecule has 0 bridgehead atoms. The van der Waals surface area contributed by atoms with Crippen molar-refractivity contribution in [2.24, 2.45) is 5.84 Å². The Labute approximate surface area is 129 Å². The lowest BCUT2D eigenvalue weighted by Gasteiger charge is -2.09. The number of aromatic nitrogens is 1. The van der Waals surface area contributed by atoms with Gasteiger partial charge in [-0.3, -0.25) is 15.6 Å². The van der Waals surface area contributed by atoms with Gasteiger partial charge in [-0.2, -0.15) is 0 Å². The molecule has 5 nitrogen and oxygen atoms in total. The van der Waals surface area contributed by atoms with Gasteiger partial charge < -0.3 is 10.7 Å². The van der Waals surface area contributed by atoms with E-state index in [0.29, 0.717) is 16.4 Å². The van der Waals surface area contributed by atoms with E-state index >= 15 is 0 Å². The molecule has 2 aromatic rings. The second kappa shape index (κ2) is 6.21. The number of carbonyl (C=O) groups excluding carboxylic acids is 1. The lowest BCUT2D eigenvalue weighted by molar-refractivity contribution is 0.102. The van der Waals surface area contributed by atoms with E-state index in [1.54, 1.807) is 18.2 Å². The molecule has 0 saturated heterocycles. The van der Waals surface area contributed by atoms with Crippen molar-refractivity contribution in [3.63, 3.8) is 0 Å². The molecule has 0 aliphatic heterocycles. The third kappa shape index (κ3) is 3.27. The first-order chi connectivity index (χ1) is 9.51. The van der Waals surface area contributed by atoms with E-state index in [0.717, 1.165) is 10.0 Å². The molecular weight excluding hydrogens is 344 g/mol. The van der Waals surface area contributed by atoms with Gasteiger partial charge in [0.05, 0.1) is 11.4 Å². The van der Waals surface area contributed by atoms with E-state index in [9.17, 15) is 4.79 Å². The molecule has 20 heavy (non-hydrogen) atoms. The van der Waals surface area contributed by atoms with Crippen molar-refractivity contribution in [3.05, 3.63) is 51.2 Å². The van der Waals surface area contributed by atoms with Crippen LogP contribution in [0.1, 0.15) is 16.1 Å². The molecule has 0 saturated carbocycles. The highest BCUT2D eigenvalue weighted by molar-refractivity contribution is 9.10. The third-order valence-corrected chi connectivity index (χ3v) is 3.72. The van der Waals surface area contributed by atoms with Gasteiger partial charge in [-0.1, -0.05) is 11.6 Å². The number of hydrogen-bond donors (Lipinski definition) is 3. The molecule has 0 unspecified atom stereocenters. The monoisotopic (exact) mass is 354 g/mol. The van der Waals surface area contributed by atoms with Gasteiger partial charge in [-0.15, -0.1) is 0 Å². The van der Waals surface area contributed by atoms with E-state index in [2.05, 4.69) is 31.7 Å². The number of nitrogen functional groups attached to an aromatic ring is 1. The summed E-state index contributed by atoms with van der Waals surface area (Å²) in [5, 5.41) is 3.32. The van der Waals surface area contributed by atoms with Crippen LogP contribution in [0.5, 0.6) is 0 Å². The summed E-state index contributed by atoms with van der Waals surface area (Å²) >= 11 is 9.43. The number of amides is 1. The van der Waals surface area contributed by atoms with Crippen molar-refractivity contribution in [3.8, 4) is 0 Å². The zero-order chi connectivity index (χ0) is 14.7. The quantitative estimate of drug-likeness (QED) is 0.583. The van der Waals surface area contributed by atoms with E-state index in [1.165, 1.54) is 6.20 Å². The Balaban J connectivity index is 2.25. The molecular formula is C13H12BrClN4O. The normalized spacial score (nSPS) is 10.2. The number of pyridine rings is 1. The Morgan fingerprint density at radius 3 is 2.85 bits per heavy atom. The molecule has 0 fully saturated rings.